The molecule has 17 heteroatoms. The van der Waals surface area contributed by atoms with Gasteiger partial charge in [-0.05, 0) is 114 Å². The molecule has 0 spiro atoms. The van der Waals surface area contributed by atoms with Gasteiger partial charge in [-0.1, -0.05) is 94.5 Å². The number of carbonyl (C=O) groups excluding carboxylic acids is 4. The zero-order valence-corrected chi connectivity index (χ0v) is 41.4. The van der Waals surface area contributed by atoms with Gasteiger partial charge in [-0.3, -0.25) is 20.2 Å². The molecule has 1 aliphatic rings. The van der Waals surface area contributed by atoms with Crippen molar-refractivity contribution in [1.82, 2.24) is 9.97 Å². The van der Waals surface area contributed by atoms with Crippen LogP contribution >= 0.6 is 22.7 Å². The number of benzene rings is 5. The van der Waals surface area contributed by atoms with Crippen LogP contribution in [0.5, 0.6) is 11.5 Å². The predicted octanol–water partition coefficient (Wildman–Crippen LogP) is 12.2. The van der Waals surface area contributed by atoms with Gasteiger partial charge in [0.25, 0.3) is 11.8 Å². The van der Waals surface area contributed by atoms with Crippen molar-refractivity contribution in [3.63, 3.8) is 0 Å². The molecular formula is C52H55N9O6S2. The monoisotopic (exact) mass is 965 g/mol. The Labute approximate surface area is 409 Å². The molecule has 0 atom stereocenters. The molecule has 0 bridgehead atoms. The lowest BCUT2D eigenvalue weighted by Crippen LogP contribution is -2.36. The predicted molar refractivity (Wildman–Crippen MR) is 279 cm³/mol. The van der Waals surface area contributed by atoms with Gasteiger partial charge in [0, 0.05) is 36.2 Å². The molecule has 1 saturated heterocycles. The number of nitrogens with one attached hydrogen (secondary N) is 6. The Morgan fingerprint density at radius 3 is 1.55 bits per heavy atom. The first-order chi connectivity index (χ1) is 33.1. The topological polar surface area (TPSA) is 188 Å². The van der Waals surface area contributed by atoms with Crippen molar-refractivity contribution in [3.05, 3.63) is 158 Å². The molecule has 7 aromatic rings. The van der Waals surface area contributed by atoms with E-state index < -0.39 is 12.1 Å². The van der Waals surface area contributed by atoms with Crippen LogP contribution in [-0.2, 0) is 4.74 Å². The lowest BCUT2D eigenvalue weighted by Gasteiger charge is -2.30. The van der Waals surface area contributed by atoms with Gasteiger partial charge in [0.2, 0.25) is 0 Å². The number of thiazole rings is 2. The maximum absolute atomic E-state index is 12.9. The number of urea groups is 2. The Kier molecular flexibility index (Phi) is 16.1. The molecule has 6 amide bonds. The van der Waals surface area contributed by atoms with Gasteiger partial charge < -0.3 is 35.6 Å². The first kappa shape index (κ1) is 49.3. The molecule has 0 radical (unpaired) electrons. The lowest BCUT2D eigenvalue weighted by molar-refractivity contribution is 0.102. The second-order valence-corrected chi connectivity index (χ2v) is 18.5. The van der Waals surface area contributed by atoms with Gasteiger partial charge in [-0.2, -0.15) is 0 Å². The van der Waals surface area contributed by atoms with Gasteiger partial charge in [0.05, 0.1) is 36.0 Å². The second kappa shape index (κ2) is 22.5. The highest BCUT2D eigenvalue weighted by Gasteiger charge is 2.21. The Morgan fingerprint density at radius 2 is 1.01 bits per heavy atom. The number of ether oxygens (including phenoxy) is 2. The SMILES string of the molecule is Cc1cc(C)c(NC(=O)c2sc(NC(=O)Nc3cccc(Oc4ccccc4)c3)nc2C)c(C)c1.Cc1cc(C)c(NC(=O)c2sc(NC(=O)Nc3ccccc3N3CCOCC3)nc2C)c(C)c1. The average molecular weight is 966 g/mol. The number of para-hydroxylation sites is 3. The normalized spacial score (nSPS) is 12.0. The van der Waals surface area contributed by atoms with Gasteiger partial charge in [-0.15, -0.1) is 0 Å². The number of amides is 6. The van der Waals surface area contributed by atoms with E-state index in [9.17, 15) is 19.2 Å². The van der Waals surface area contributed by atoms with Crippen molar-refractivity contribution >= 4 is 85.3 Å². The van der Waals surface area contributed by atoms with E-state index in [0.29, 0.717) is 67.5 Å². The van der Waals surface area contributed by atoms with Crippen molar-refractivity contribution in [3.8, 4) is 11.5 Å². The number of aromatic nitrogens is 2. The fourth-order valence-electron chi connectivity index (χ4n) is 7.85. The summed E-state index contributed by atoms with van der Waals surface area (Å²) in [6, 6.07) is 31.4. The fourth-order valence-corrected chi connectivity index (χ4v) is 9.56. The van der Waals surface area contributed by atoms with Gasteiger partial charge in [0.1, 0.15) is 21.3 Å². The Hall–Kier alpha value is -7.60. The maximum Gasteiger partial charge on any atom is 0.325 e. The van der Waals surface area contributed by atoms with E-state index in [1.807, 2.05) is 126 Å². The summed E-state index contributed by atoms with van der Waals surface area (Å²) >= 11 is 2.28. The molecule has 0 saturated carbocycles. The molecule has 6 N–H and O–H groups in total. The summed E-state index contributed by atoms with van der Waals surface area (Å²) in [4.78, 5) is 63.0. The molecule has 8 rings (SSSR count). The lowest BCUT2D eigenvalue weighted by atomic mass is 10.1. The third-order valence-electron chi connectivity index (χ3n) is 10.9. The summed E-state index contributed by atoms with van der Waals surface area (Å²) in [5.41, 5.74) is 11.2. The first-order valence-corrected chi connectivity index (χ1v) is 23.9. The fraction of sp³-hybridized carbons (Fsp3) is 0.231. The summed E-state index contributed by atoms with van der Waals surface area (Å²) in [7, 11) is 0. The average Bonchev–Trinajstić information content (AvgIpc) is 3.87. The summed E-state index contributed by atoms with van der Waals surface area (Å²) in [5.74, 6) is 0.805. The summed E-state index contributed by atoms with van der Waals surface area (Å²) in [6.07, 6.45) is 0. The van der Waals surface area contributed by atoms with Crippen molar-refractivity contribution in [2.24, 2.45) is 0 Å². The van der Waals surface area contributed by atoms with Crippen molar-refractivity contribution in [2.75, 3.05) is 63.1 Å². The van der Waals surface area contributed by atoms with Crippen molar-refractivity contribution < 1.29 is 28.7 Å². The minimum Gasteiger partial charge on any atom is -0.457 e. The molecule has 1 fully saturated rings. The van der Waals surface area contributed by atoms with E-state index in [1.165, 1.54) is 0 Å². The molecule has 0 aliphatic carbocycles. The number of nitrogens with zero attached hydrogens (tertiary/aromatic N) is 3. The van der Waals surface area contributed by atoms with Crippen LogP contribution in [0.4, 0.5) is 48.3 Å². The molecule has 2 aromatic heterocycles. The van der Waals surface area contributed by atoms with Crippen LogP contribution in [-0.4, -0.2) is 60.1 Å². The number of morpholine rings is 1. The zero-order chi connectivity index (χ0) is 49.2. The van der Waals surface area contributed by atoms with Crippen LogP contribution < -0.4 is 41.5 Å². The third-order valence-corrected chi connectivity index (χ3v) is 13.0. The first-order valence-electron chi connectivity index (χ1n) is 22.2. The number of aryl methyl sites for hydroxylation is 8. The highest BCUT2D eigenvalue weighted by atomic mass is 32.1. The second-order valence-electron chi connectivity index (χ2n) is 16.5. The molecule has 15 nitrogen and oxygen atoms in total. The van der Waals surface area contributed by atoms with Gasteiger partial charge >= 0.3 is 12.1 Å². The molecule has 1 aliphatic heterocycles. The van der Waals surface area contributed by atoms with Crippen molar-refractivity contribution in [1.29, 1.82) is 0 Å². The molecule has 356 valence electrons. The minimum atomic E-state index is -0.465. The number of rotatable bonds is 11. The Balaban J connectivity index is 0.000000204. The van der Waals surface area contributed by atoms with Crippen LogP contribution in [0.1, 0.15) is 64.1 Å². The van der Waals surface area contributed by atoms with Crippen LogP contribution in [0.25, 0.3) is 0 Å². The maximum atomic E-state index is 12.9. The Bertz CT molecular complexity index is 2950. The number of carbonyl (C=O) groups is 4. The van der Waals surface area contributed by atoms with Crippen LogP contribution in [0.2, 0.25) is 0 Å². The highest BCUT2D eigenvalue weighted by molar-refractivity contribution is 7.18. The van der Waals surface area contributed by atoms with E-state index in [0.717, 1.165) is 86.2 Å². The van der Waals surface area contributed by atoms with E-state index >= 15 is 0 Å². The quantitative estimate of drug-likeness (QED) is 0.0733. The molecule has 3 heterocycles. The number of anilines is 7. The summed E-state index contributed by atoms with van der Waals surface area (Å²) < 4.78 is 11.2. The largest absolute Gasteiger partial charge is 0.457 e. The number of hydrogen-bond donors (Lipinski definition) is 6. The van der Waals surface area contributed by atoms with E-state index in [-0.39, 0.29) is 11.8 Å². The molecule has 0 unspecified atom stereocenters. The summed E-state index contributed by atoms with van der Waals surface area (Å²) in [6.45, 7) is 18.3. The molecule has 69 heavy (non-hydrogen) atoms. The van der Waals surface area contributed by atoms with E-state index in [2.05, 4.69) is 46.8 Å². The third kappa shape index (κ3) is 13.1. The standard InChI is InChI=1S/C27H26N4O3S.C25H29N5O3S/c1-16-13-17(2)23(18(3)14-16)30-25(32)24-19(4)28-27(35-24)31-26(33)29-20-9-8-12-22(15-20)34-21-10-6-5-7-11-21;1-15-13-16(2)21(17(3)14-15)28-23(31)22-18(4)26-25(34-22)29-24(32)27-19-7-5-6-8-20(19)30-9-11-33-12-10-30/h5-15H,1-4H3,(H,30,32)(H2,28,29,31,33);5-8,13-14H,9-12H2,1-4H3,(H,28,31)(H2,26,27,29,32). The molecule has 5 aromatic carbocycles. The van der Waals surface area contributed by atoms with Crippen LogP contribution in [0, 0.1) is 55.4 Å². The minimum absolute atomic E-state index is 0.240. The van der Waals surface area contributed by atoms with Crippen LogP contribution in [0.3, 0.4) is 0 Å². The highest BCUT2D eigenvalue weighted by Crippen LogP contribution is 2.31. The van der Waals surface area contributed by atoms with Crippen LogP contribution in [0.15, 0.2) is 103 Å². The van der Waals surface area contributed by atoms with Gasteiger partial charge in [0.15, 0.2) is 10.3 Å². The smallest absolute Gasteiger partial charge is 0.325 e. The number of hydrogen-bond acceptors (Lipinski definition) is 11. The van der Waals surface area contributed by atoms with Gasteiger partial charge in [-0.25, -0.2) is 19.6 Å². The van der Waals surface area contributed by atoms with E-state index in [4.69, 9.17) is 9.47 Å². The van der Waals surface area contributed by atoms with Crippen molar-refractivity contribution in [2.45, 2.75) is 55.4 Å². The zero-order valence-electron chi connectivity index (χ0n) is 39.8. The molecular weight excluding hydrogens is 911 g/mol. The van der Waals surface area contributed by atoms with E-state index in [1.54, 1.807) is 32.0 Å². The summed E-state index contributed by atoms with van der Waals surface area (Å²) in [5, 5.41) is 17.8. The Morgan fingerprint density at radius 1 is 0.536 bits per heavy atom.